The molecule has 1 aromatic carbocycles. The first-order valence-corrected chi connectivity index (χ1v) is 5.94. The van der Waals surface area contributed by atoms with Crippen LogP contribution in [0.1, 0.15) is 17.2 Å². The SMILES string of the molecule is N#CC(c1ccccn1)c1c(Cl)cc(N)cc1Cl. The number of nitrogen functional groups attached to an aromatic ring is 1. The van der Waals surface area contributed by atoms with Gasteiger partial charge in [0.25, 0.3) is 0 Å². The van der Waals surface area contributed by atoms with Gasteiger partial charge in [-0.15, -0.1) is 0 Å². The topological polar surface area (TPSA) is 62.7 Å². The zero-order valence-corrected chi connectivity index (χ0v) is 10.8. The highest BCUT2D eigenvalue weighted by Crippen LogP contribution is 2.36. The number of nitrogens with two attached hydrogens (primary N) is 1. The molecule has 90 valence electrons. The van der Waals surface area contributed by atoms with Crippen LogP contribution in [0, 0.1) is 11.3 Å². The molecular weight excluding hydrogens is 269 g/mol. The maximum atomic E-state index is 9.31. The summed E-state index contributed by atoms with van der Waals surface area (Å²) < 4.78 is 0. The molecule has 1 heterocycles. The van der Waals surface area contributed by atoms with E-state index in [0.717, 1.165) is 0 Å². The fourth-order valence-corrected chi connectivity index (χ4v) is 2.43. The van der Waals surface area contributed by atoms with Crippen molar-refractivity contribution in [2.24, 2.45) is 0 Å². The van der Waals surface area contributed by atoms with E-state index >= 15 is 0 Å². The van der Waals surface area contributed by atoms with Gasteiger partial charge in [-0.3, -0.25) is 4.98 Å². The van der Waals surface area contributed by atoms with Gasteiger partial charge in [-0.2, -0.15) is 5.26 Å². The van der Waals surface area contributed by atoms with E-state index in [1.807, 2.05) is 6.07 Å². The Morgan fingerprint density at radius 3 is 2.39 bits per heavy atom. The first kappa shape index (κ1) is 12.7. The Kier molecular flexibility index (Phi) is 3.71. The summed E-state index contributed by atoms with van der Waals surface area (Å²) in [5.41, 5.74) is 7.25. The Labute approximate surface area is 115 Å². The average molecular weight is 278 g/mol. The van der Waals surface area contributed by atoms with E-state index in [4.69, 9.17) is 28.9 Å². The molecule has 0 aliphatic rings. The molecule has 0 aliphatic heterocycles. The maximum Gasteiger partial charge on any atom is 0.116 e. The molecule has 2 rings (SSSR count). The third-order valence-electron chi connectivity index (χ3n) is 2.50. The van der Waals surface area contributed by atoms with Gasteiger partial charge in [0.05, 0.1) is 11.8 Å². The average Bonchev–Trinajstić information content (AvgIpc) is 2.34. The maximum absolute atomic E-state index is 9.31. The van der Waals surface area contributed by atoms with Crippen molar-refractivity contribution in [3.63, 3.8) is 0 Å². The second kappa shape index (κ2) is 5.26. The van der Waals surface area contributed by atoms with E-state index in [9.17, 15) is 5.26 Å². The van der Waals surface area contributed by atoms with Gasteiger partial charge in [0.15, 0.2) is 0 Å². The molecule has 0 saturated carbocycles. The van der Waals surface area contributed by atoms with Gasteiger partial charge in [-0.1, -0.05) is 29.3 Å². The molecule has 3 nitrogen and oxygen atoms in total. The Morgan fingerprint density at radius 2 is 1.89 bits per heavy atom. The molecule has 0 spiro atoms. The van der Waals surface area contributed by atoms with E-state index in [2.05, 4.69) is 11.1 Å². The number of aromatic nitrogens is 1. The van der Waals surface area contributed by atoms with Crippen molar-refractivity contribution in [3.05, 3.63) is 57.8 Å². The van der Waals surface area contributed by atoms with Crippen molar-refractivity contribution < 1.29 is 0 Å². The lowest BCUT2D eigenvalue weighted by Crippen LogP contribution is -2.03. The van der Waals surface area contributed by atoms with Gasteiger partial charge < -0.3 is 5.73 Å². The summed E-state index contributed by atoms with van der Waals surface area (Å²) in [4.78, 5) is 4.16. The number of benzene rings is 1. The number of nitriles is 1. The van der Waals surface area contributed by atoms with Crippen LogP contribution in [0.25, 0.3) is 0 Å². The van der Waals surface area contributed by atoms with Crippen molar-refractivity contribution in [2.45, 2.75) is 5.92 Å². The van der Waals surface area contributed by atoms with Crippen molar-refractivity contribution in [2.75, 3.05) is 5.73 Å². The molecule has 2 aromatic rings. The Hall–Kier alpha value is -1.76. The predicted octanol–water partition coefficient (Wildman–Crippen LogP) is 3.63. The molecular formula is C13H9Cl2N3. The summed E-state index contributed by atoms with van der Waals surface area (Å²) in [5, 5.41) is 10.1. The second-order valence-corrected chi connectivity index (χ2v) is 4.53. The molecule has 18 heavy (non-hydrogen) atoms. The molecule has 2 N–H and O–H groups in total. The number of nitrogens with zero attached hydrogens (tertiary/aromatic N) is 2. The van der Waals surface area contributed by atoms with Gasteiger partial charge in [0, 0.05) is 27.5 Å². The highest BCUT2D eigenvalue weighted by molar-refractivity contribution is 6.36. The van der Waals surface area contributed by atoms with Gasteiger partial charge in [0.1, 0.15) is 5.92 Å². The van der Waals surface area contributed by atoms with E-state index in [0.29, 0.717) is 27.0 Å². The van der Waals surface area contributed by atoms with Crippen LogP contribution in [0.3, 0.4) is 0 Å². The molecule has 0 fully saturated rings. The number of halogens is 2. The molecule has 1 unspecified atom stereocenters. The molecule has 0 amide bonds. The van der Waals surface area contributed by atoms with Crippen molar-refractivity contribution in [1.29, 1.82) is 5.26 Å². The third kappa shape index (κ3) is 2.40. The van der Waals surface area contributed by atoms with Crippen LogP contribution in [0.15, 0.2) is 36.5 Å². The fraction of sp³-hybridized carbons (Fsp3) is 0.0769. The zero-order valence-electron chi connectivity index (χ0n) is 9.27. The first-order valence-electron chi connectivity index (χ1n) is 5.18. The Morgan fingerprint density at radius 1 is 1.22 bits per heavy atom. The minimum atomic E-state index is -0.605. The minimum Gasteiger partial charge on any atom is -0.399 e. The first-order chi connectivity index (χ1) is 8.63. The van der Waals surface area contributed by atoms with E-state index < -0.39 is 5.92 Å². The summed E-state index contributed by atoms with van der Waals surface area (Å²) in [6, 6.07) is 10.7. The number of rotatable bonds is 2. The van der Waals surface area contributed by atoms with Crippen molar-refractivity contribution >= 4 is 28.9 Å². The second-order valence-electron chi connectivity index (χ2n) is 3.71. The highest BCUT2D eigenvalue weighted by atomic mass is 35.5. The van der Waals surface area contributed by atoms with Crippen LogP contribution >= 0.6 is 23.2 Å². The molecule has 0 bridgehead atoms. The molecule has 0 radical (unpaired) electrons. The molecule has 0 saturated heterocycles. The van der Waals surface area contributed by atoms with E-state index in [1.165, 1.54) is 0 Å². The van der Waals surface area contributed by atoms with Crippen LogP contribution < -0.4 is 5.73 Å². The van der Waals surface area contributed by atoms with E-state index in [1.54, 1.807) is 30.5 Å². The van der Waals surface area contributed by atoms with Crippen molar-refractivity contribution in [3.8, 4) is 6.07 Å². The largest absolute Gasteiger partial charge is 0.399 e. The summed E-state index contributed by atoms with van der Waals surface area (Å²) in [5.74, 6) is -0.605. The van der Waals surface area contributed by atoms with Gasteiger partial charge in [-0.25, -0.2) is 0 Å². The van der Waals surface area contributed by atoms with Crippen LogP contribution in [-0.2, 0) is 0 Å². The quantitative estimate of drug-likeness (QED) is 0.853. The Bertz CT molecular complexity index is 582. The lowest BCUT2D eigenvalue weighted by molar-refractivity contribution is 0.966. The molecule has 0 aliphatic carbocycles. The van der Waals surface area contributed by atoms with Gasteiger partial charge >= 0.3 is 0 Å². The monoisotopic (exact) mass is 277 g/mol. The van der Waals surface area contributed by atoms with Crippen LogP contribution in [0.4, 0.5) is 5.69 Å². The smallest absolute Gasteiger partial charge is 0.116 e. The number of hydrogen-bond acceptors (Lipinski definition) is 3. The van der Waals surface area contributed by atoms with Gasteiger partial charge in [-0.05, 0) is 24.3 Å². The standard InChI is InChI=1S/C13H9Cl2N3/c14-10-5-8(17)6-11(15)13(10)9(7-16)12-3-1-2-4-18-12/h1-6,9H,17H2. The number of pyridine rings is 1. The van der Waals surface area contributed by atoms with Gasteiger partial charge in [0.2, 0.25) is 0 Å². The van der Waals surface area contributed by atoms with Crippen LogP contribution in [-0.4, -0.2) is 4.98 Å². The Balaban J connectivity index is 2.57. The molecule has 1 atom stereocenters. The highest BCUT2D eigenvalue weighted by Gasteiger charge is 2.21. The predicted molar refractivity (Wildman–Crippen MR) is 72.6 cm³/mol. The zero-order chi connectivity index (χ0) is 13.1. The lowest BCUT2D eigenvalue weighted by atomic mass is 9.96. The minimum absolute atomic E-state index is 0.372. The van der Waals surface area contributed by atoms with Crippen LogP contribution in [0.2, 0.25) is 10.0 Å². The summed E-state index contributed by atoms with van der Waals surface area (Å²) >= 11 is 12.2. The summed E-state index contributed by atoms with van der Waals surface area (Å²) in [6.45, 7) is 0. The van der Waals surface area contributed by atoms with E-state index in [-0.39, 0.29) is 0 Å². The normalized spacial score (nSPS) is 11.8. The number of hydrogen-bond donors (Lipinski definition) is 1. The lowest BCUT2D eigenvalue weighted by Gasteiger charge is -2.13. The summed E-state index contributed by atoms with van der Waals surface area (Å²) in [7, 11) is 0. The molecule has 1 aromatic heterocycles. The number of anilines is 1. The molecule has 5 heteroatoms. The van der Waals surface area contributed by atoms with Crippen molar-refractivity contribution in [1.82, 2.24) is 4.98 Å². The van der Waals surface area contributed by atoms with Crippen LogP contribution in [0.5, 0.6) is 0 Å². The third-order valence-corrected chi connectivity index (χ3v) is 3.13. The fourth-order valence-electron chi connectivity index (χ4n) is 1.70. The summed E-state index contributed by atoms with van der Waals surface area (Å²) in [6.07, 6.45) is 1.62.